The number of hydrogen-bond donors (Lipinski definition) is 1. The SMILES string of the molecule is CCS(=O)(=O)CCCOC(=O)c1ccc(Cl)cc1N. The summed E-state index contributed by atoms with van der Waals surface area (Å²) < 4.78 is 27.4. The molecule has 19 heavy (non-hydrogen) atoms. The number of sulfone groups is 1. The Bertz CT molecular complexity index is 557. The molecule has 0 saturated carbocycles. The Morgan fingerprint density at radius 2 is 2.11 bits per heavy atom. The summed E-state index contributed by atoms with van der Waals surface area (Å²) in [5.74, 6) is -0.485. The summed E-state index contributed by atoms with van der Waals surface area (Å²) in [6.07, 6.45) is 0.273. The molecule has 1 rings (SSSR count). The zero-order valence-electron chi connectivity index (χ0n) is 10.6. The van der Waals surface area contributed by atoms with Gasteiger partial charge in [0.2, 0.25) is 0 Å². The maximum atomic E-state index is 11.7. The first kappa shape index (κ1) is 15.8. The van der Waals surface area contributed by atoms with Gasteiger partial charge in [-0.15, -0.1) is 0 Å². The van der Waals surface area contributed by atoms with E-state index in [2.05, 4.69) is 0 Å². The van der Waals surface area contributed by atoms with Crippen LogP contribution < -0.4 is 5.73 Å². The molecule has 7 heteroatoms. The molecule has 106 valence electrons. The summed E-state index contributed by atoms with van der Waals surface area (Å²) >= 11 is 5.72. The molecule has 0 aliphatic heterocycles. The highest BCUT2D eigenvalue weighted by molar-refractivity contribution is 7.91. The number of esters is 1. The summed E-state index contributed by atoms with van der Waals surface area (Å²) in [5.41, 5.74) is 6.10. The minimum atomic E-state index is -3.03. The summed E-state index contributed by atoms with van der Waals surface area (Å²) in [7, 11) is -3.03. The van der Waals surface area contributed by atoms with Crippen molar-refractivity contribution in [3.63, 3.8) is 0 Å². The third-order valence-corrected chi connectivity index (χ3v) is 4.53. The van der Waals surface area contributed by atoms with Crippen molar-refractivity contribution < 1.29 is 17.9 Å². The van der Waals surface area contributed by atoms with Crippen LogP contribution in [0.2, 0.25) is 5.02 Å². The fraction of sp³-hybridized carbons (Fsp3) is 0.417. The van der Waals surface area contributed by atoms with E-state index in [1.165, 1.54) is 18.2 Å². The zero-order chi connectivity index (χ0) is 14.5. The molecule has 0 bridgehead atoms. The van der Waals surface area contributed by atoms with Crippen LogP contribution in [0.1, 0.15) is 23.7 Å². The third-order valence-electron chi connectivity index (χ3n) is 2.51. The molecule has 0 spiro atoms. The van der Waals surface area contributed by atoms with Crippen LogP contribution in [0.3, 0.4) is 0 Å². The van der Waals surface area contributed by atoms with Crippen LogP contribution in [0.15, 0.2) is 18.2 Å². The Hall–Kier alpha value is -1.27. The number of nitrogen functional groups attached to an aromatic ring is 1. The van der Waals surface area contributed by atoms with Gasteiger partial charge in [0.1, 0.15) is 9.84 Å². The number of benzene rings is 1. The van der Waals surface area contributed by atoms with Crippen molar-refractivity contribution in [2.45, 2.75) is 13.3 Å². The molecule has 0 atom stereocenters. The number of ether oxygens (including phenoxy) is 1. The van der Waals surface area contributed by atoms with Gasteiger partial charge in [-0.3, -0.25) is 0 Å². The van der Waals surface area contributed by atoms with E-state index < -0.39 is 15.8 Å². The van der Waals surface area contributed by atoms with E-state index in [0.29, 0.717) is 5.02 Å². The Labute approximate surface area is 117 Å². The largest absolute Gasteiger partial charge is 0.462 e. The molecule has 0 unspecified atom stereocenters. The van der Waals surface area contributed by atoms with E-state index in [1.807, 2.05) is 0 Å². The van der Waals surface area contributed by atoms with Gasteiger partial charge in [-0.25, -0.2) is 13.2 Å². The van der Waals surface area contributed by atoms with E-state index in [4.69, 9.17) is 22.1 Å². The summed E-state index contributed by atoms with van der Waals surface area (Å²) in [6.45, 7) is 1.62. The fourth-order valence-electron chi connectivity index (χ4n) is 1.39. The smallest absolute Gasteiger partial charge is 0.340 e. The first-order valence-corrected chi connectivity index (χ1v) is 7.98. The van der Waals surface area contributed by atoms with Gasteiger partial charge >= 0.3 is 5.97 Å². The molecule has 0 aliphatic rings. The van der Waals surface area contributed by atoms with E-state index in [1.54, 1.807) is 6.92 Å². The van der Waals surface area contributed by atoms with E-state index in [-0.39, 0.29) is 35.8 Å². The summed E-state index contributed by atoms with van der Waals surface area (Å²) in [6, 6.07) is 4.47. The number of carbonyl (C=O) groups excluding carboxylic acids is 1. The van der Waals surface area contributed by atoms with Gasteiger partial charge in [-0.1, -0.05) is 18.5 Å². The van der Waals surface area contributed by atoms with E-state index in [0.717, 1.165) is 0 Å². The zero-order valence-corrected chi connectivity index (χ0v) is 12.1. The maximum absolute atomic E-state index is 11.7. The van der Waals surface area contributed by atoms with Gasteiger partial charge in [0.25, 0.3) is 0 Å². The maximum Gasteiger partial charge on any atom is 0.340 e. The van der Waals surface area contributed by atoms with Crippen molar-refractivity contribution in [3.8, 4) is 0 Å². The minimum Gasteiger partial charge on any atom is -0.462 e. The fourth-order valence-corrected chi connectivity index (χ4v) is 2.41. The van der Waals surface area contributed by atoms with Crippen LogP contribution in [-0.2, 0) is 14.6 Å². The lowest BCUT2D eigenvalue weighted by Gasteiger charge is -2.07. The number of nitrogens with two attached hydrogens (primary N) is 1. The van der Waals surface area contributed by atoms with Crippen LogP contribution in [-0.4, -0.2) is 32.5 Å². The highest BCUT2D eigenvalue weighted by Gasteiger charge is 2.12. The van der Waals surface area contributed by atoms with E-state index in [9.17, 15) is 13.2 Å². The lowest BCUT2D eigenvalue weighted by molar-refractivity contribution is 0.0507. The molecular weight excluding hydrogens is 290 g/mol. The van der Waals surface area contributed by atoms with Crippen molar-refractivity contribution in [1.82, 2.24) is 0 Å². The second kappa shape index (κ2) is 6.77. The van der Waals surface area contributed by atoms with Gasteiger partial charge < -0.3 is 10.5 Å². The summed E-state index contributed by atoms with van der Waals surface area (Å²) in [5, 5.41) is 0.433. The average Bonchev–Trinajstić information content (AvgIpc) is 2.34. The van der Waals surface area contributed by atoms with Crippen LogP contribution in [0.25, 0.3) is 0 Å². The number of carbonyl (C=O) groups is 1. The lowest BCUT2D eigenvalue weighted by atomic mass is 10.2. The van der Waals surface area contributed by atoms with Gasteiger partial charge in [-0.05, 0) is 24.6 Å². The molecule has 0 radical (unpaired) electrons. The highest BCUT2D eigenvalue weighted by Crippen LogP contribution is 2.18. The Morgan fingerprint density at radius 3 is 2.68 bits per heavy atom. The molecule has 0 amide bonds. The number of halogens is 1. The average molecular weight is 306 g/mol. The molecule has 0 aliphatic carbocycles. The molecular formula is C12H16ClNO4S. The number of anilines is 1. The molecule has 5 nitrogen and oxygen atoms in total. The van der Waals surface area contributed by atoms with Crippen molar-refractivity contribution in [1.29, 1.82) is 0 Å². The number of rotatable bonds is 6. The van der Waals surface area contributed by atoms with Crippen LogP contribution >= 0.6 is 11.6 Å². The monoisotopic (exact) mass is 305 g/mol. The van der Waals surface area contributed by atoms with Gasteiger partial charge in [-0.2, -0.15) is 0 Å². The topological polar surface area (TPSA) is 86.5 Å². The first-order chi connectivity index (χ1) is 8.85. The highest BCUT2D eigenvalue weighted by atomic mass is 35.5. The van der Waals surface area contributed by atoms with Crippen molar-refractivity contribution in [2.75, 3.05) is 23.8 Å². The molecule has 1 aromatic carbocycles. The Morgan fingerprint density at radius 1 is 1.42 bits per heavy atom. The minimum absolute atomic E-state index is 0.00683. The summed E-state index contributed by atoms with van der Waals surface area (Å²) in [4.78, 5) is 11.7. The molecule has 0 heterocycles. The van der Waals surface area contributed by atoms with Gasteiger partial charge in [0.15, 0.2) is 0 Å². The van der Waals surface area contributed by atoms with Crippen LogP contribution in [0.5, 0.6) is 0 Å². The number of hydrogen-bond acceptors (Lipinski definition) is 5. The molecule has 0 fully saturated rings. The second-order valence-electron chi connectivity index (χ2n) is 3.96. The molecule has 0 saturated heterocycles. The standard InChI is InChI=1S/C12H16ClNO4S/c1-2-19(16,17)7-3-6-18-12(15)10-5-4-9(13)8-11(10)14/h4-5,8H,2-3,6-7,14H2,1H3. The van der Waals surface area contributed by atoms with Crippen molar-refractivity contribution >= 4 is 33.1 Å². The quantitative estimate of drug-likeness (QED) is 0.493. The molecule has 0 aromatic heterocycles. The van der Waals surface area contributed by atoms with Crippen molar-refractivity contribution in [3.05, 3.63) is 28.8 Å². The predicted molar refractivity (Wildman–Crippen MR) is 75.1 cm³/mol. The molecule has 1 aromatic rings. The van der Waals surface area contributed by atoms with Crippen LogP contribution in [0.4, 0.5) is 5.69 Å². The third kappa shape index (κ3) is 5.08. The first-order valence-electron chi connectivity index (χ1n) is 5.78. The van der Waals surface area contributed by atoms with Gasteiger partial charge in [0, 0.05) is 16.5 Å². The van der Waals surface area contributed by atoms with E-state index >= 15 is 0 Å². The molecule has 2 N–H and O–H groups in total. The normalized spacial score (nSPS) is 11.3. The van der Waals surface area contributed by atoms with Gasteiger partial charge in [0.05, 0.1) is 17.9 Å². The Balaban J connectivity index is 2.48. The van der Waals surface area contributed by atoms with Crippen molar-refractivity contribution in [2.24, 2.45) is 0 Å². The second-order valence-corrected chi connectivity index (χ2v) is 6.87. The Kier molecular flexibility index (Phi) is 5.62. The lowest BCUT2D eigenvalue weighted by Crippen LogP contribution is -2.14. The van der Waals surface area contributed by atoms with Crippen LogP contribution in [0, 0.1) is 0 Å². The predicted octanol–water partition coefficient (Wildman–Crippen LogP) is 1.90.